The Bertz CT molecular complexity index is 1070. The Balaban J connectivity index is 1.76. The van der Waals surface area contributed by atoms with Crippen LogP contribution in [0.15, 0.2) is 76.4 Å². The number of thiazole rings is 1. The van der Waals surface area contributed by atoms with Gasteiger partial charge in [-0.05, 0) is 42.3 Å². The van der Waals surface area contributed by atoms with Crippen molar-refractivity contribution in [3.63, 3.8) is 0 Å². The van der Waals surface area contributed by atoms with Crippen LogP contribution in [0.5, 0.6) is 0 Å². The van der Waals surface area contributed by atoms with E-state index in [1.807, 2.05) is 55.5 Å². The van der Waals surface area contributed by atoms with Gasteiger partial charge in [0, 0.05) is 0 Å². The van der Waals surface area contributed by atoms with Crippen molar-refractivity contribution in [2.75, 3.05) is 5.01 Å². The SMILES string of the molecule is Cc1ccc2nc(N(/N=C\c3ccccc3)C(=O)c3ccco3)sc2c1. The first-order valence-electron chi connectivity index (χ1n) is 8.05. The van der Waals surface area contributed by atoms with Crippen LogP contribution in [0.4, 0.5) is 5.13 Å². The predicted octanol–water partition coefficient (Wildman–Crippen LogP) is 4.88. The zero-order chi connectivity index (χ0) is 17.9. The number of rotatable bonds is 4. The van der Waals surface area contributed by atoms with Crippen molar-refractivity contribution < 1.29 is 9.21 Å². The Labute approximate surface area is 154 Å². The molecule has 5 nitrogen and oxygen atoms in total. The Morgan fingerprint density at radius 3 is 2.77 bits per heavy atom. The molecule has 4 rings (SSSR count). The van der Waals surface area contributed by atoms with Crippen molar-refractivity contribution in [1.29, 1.82) is 0 Å². The molecule has 0 saturated carbocycles. The van der Waals surface area contributed by atoms with Gasteiger partial charge in [0.05, 0.1) is 22.7 Å². The lowest BCUT2D eigenvalue weighted by Crippen LogP contribution is -2.25. The highest BCUT2D eigenvalue weighted by atomic mass is 32.1. The molecule has 0 radical (unpaired) electrons. The van der Waals surface area contributed by atoms with Crippen LogP contribution < -0.4 is 5.01 Å². The minimum atomic E-state index is -0.363. The summed E-state index contributed by atoms with van der Waals surface area (Å²) in [6.07, 6.45) is 3.10. The predicted molar refractivity (Wildman–Crippen MR) is 104 cm³/mol. The molecule has 2 aromatic carbocycles. The van der Waals surface area contributed by atoms with Crippen molar-refractivity contribution in [3.05, 3.63) is 83.8 Å². The fourth-order valence-corrected chi connectivity index (χ4v) is 3.49. The molecule has 0 fully saturated rings. The molecule has 0 unspecified atom stereocenters. The molecular formula is C20H15N3O2S. The second-order valence-electron chi connectivity index (χ2n) is 5.72. The maximum Gasteiger partial charge on any atom is 0.316 e. The molecule has 4 aromatic rings. The molecule has 26 heavy (non-hydrogen) atoms. The molecule has 0 spiro atoms. The third-order valence-electron chi connectivity index (χ3n) is 3.76. The number of amides is 1. The first-order valence-corrected chi connectivity index (χ1v) is 8.86. The second kappa shape index (κ2) is 6.93. The average molecular weight is 361 g/mol. The van der Waals surface area contributed by atoms with Crippen molar-refractivity contribution in [2.24, 2.45) is 5.10 Å². The van der Waals surface area contributed by atoms with Gasteiger partial charge in [-0.15, -0.1) is 0 Å². The van der Waals surface area contributed by atoms with Crippen LogP contribution in [0.1, 0.15) is 21.7 Å². The van der Waals surface area contributed by atoms with Gasteiger partial charge in [0.1, 0.15) is 0 Å². The first kappa shape index (κ1) is 16.2. The van der Waals surface area contributed by atoms with Crippen molar-refractivity contribution >= 4 is 38.8 Å². The number of fused-ring (bicyclic) bond motifs is 1. The maximum absolute atomic E-state index is 12.9. The molecule has 0 atom stereocenters. The lowest BCUT2D eigenvalue weighted by atomic mass is 10.2. The van der Waals surface area contributed by atoms with E-state index in [0.717, 1.165) is 21.3 Å². The van der Waals surface area contributed by atoms with Crippen LogP contribution in [0.25, 0.3) is 10.2 Å². The summed E-state index contributed by atoms with van der Waals surface area (Å²) in [5, 5.41) is 6.17. The first-order chi connectivity index (χ1) is 12.7. The highest BCUT2D eigenvalue weighted by Gasteiger charge is 2.23. The van der Waals surface area contributed by atoms with E-state index in [4.69, 9.17) is 4.42 Å². The van der Waals surface area contributed by atoms with Gasteiger partial charge < -0.3 is 4.42 Å². The fraction of sp³-hybridized carbons (Fsp3) is 0.0500. The van der Waals surface area contributed by atoms with Crippen LogP contribution in [0, 0.1) is 6.92 Å². The van der Waals surface area contributed by atoms with Crippen LogP contribution in [-0.2, 0) is 0 Å². The van der Waals surface area contributed by atoms with Crippen LogP contribution in [0.3, 0.4) is 0 Å². The zero-order valence-electron chi connectivity index (χ0n) is 14.0. The number of hydrogen-bond acceptors (Lipinski definition) is 5. The van der Waals surface area contributed by atoms with E-state index in [0.29, 0.717) is 5.13 Å². The highest BCUT2D eigenvalue weighted by Crippen LogP contribution is 2.30. The van der Waals surface area contributed by atoms with E-state index >= 15 is 0 Å². The normalized spacial score (nSPS) is 11.3. The number of aryl methyl sites for hydroxylation is 1. The lowest BCUT2D eigenvalue weighted by molar-refractivity contribution is 0.0961. The number of benzene rings is 2. The van der Waals surface area contributed by atoms with E-state index in [2.05, 4.69) is 10.1 Å². The molecule has 0 saturated heterocycles. The molecular weight excluding hydrogens is 346 g/mol. The Kier molecular flexibility index (Phi) is 4.33. The monoisotopic (exact) mass is 361 g/mol. The molecule has 6 heteroatoms. The number of anilines is 1. The largest absolute Gasteiger partial charge is 0.459 e. The summed E-state index contributed by atoms with van der Waals surface area (Å²) in [6.45, 7) is 2.03. The van der Waals surface area contributed by atoms with Crippen LogP contribution >= 0.6 is 11.3 Å². The Morgan fingerprint density at radius 1 is 1.15 bits per heavy atom. The molecule has 2 heterocycles. The van der Waals surface area contributed by atoms with Gasteiger partial charge in [0.2, 0.25) is 5.13 Å². The molecule has 1 amide bonds. The number of hydrogen-bond donors (Lipinski definition) is 0. The van der Waals surface area contributed by atoms with Crippen molar-refractivity contribution in [1.82, 2.24) is 4.98 Å². The molecule has 0 aliphatic heterocycles. The summed E-state index contributed by atoms with van der Waals surface area (Å²) in [6, 6.07) is 18.9. The minimum absolute atomic E-state index is 0.214. The van der Waals surface area contributed by atoms with Gasteiger partial charge in [-0.1, -0.05) is 47.7 Å². The lowest BCUT2D eigenvalue weighted by Gasteiger charge is -2.11. The minimum Gasteiger partial charge on any atom is -0.459 e. The Morgan fingerprint density at radius 2 is 2.00 bits per heavy atom. The van der Waals surface area contributed by atoms with Gasteiger partial charge in [-0.25, -0.2) is 4.98 Å². The number of carbonyl (C=O) groups is 1. The van der Waals surface area contributed by atoms with E-state index < -0.39 is 0 Å². The summed E-state index contributed by atoms with van der Waals surface area (Å²) in [7, 11) is 0. The smallest absolute Gasteiger partial charge is 0.316 e. The van der Waals surface area contributed by atoms with E-state index in [1.54, 1.807) is 18.3 Å². The van der Waals surface area contributed by atoms with Gasteiger partial charge in [-0.3, -0.25) is 4.79 Å². The summed E-state index contributed by atoms with van der Waals surface area (Å²) in [5.74, 6) is -0.149. The molecule has 0 aliphatic rings. The van der Waals surface area contributed by atoms with Gasteiger partial charge in [0.25, 0.3) is 0 Å². The van der Waals surface area contributed by atoms with Crippen LogP contribution in [0.2, 0.25) is 0 Å². The summed E-state index contributed by atoms with van der Waals surface area (Å²) >= 11 is 1.42. The van der Waals surface area contributed by atoms with Crippen LogP contribution in [-0.4, -0.2) is 17.1 Å². The highest BCUT2D eigenvalue weighted by molar-refractivity contribution is 7.22. The van der Waals surface area contributed by atoms with Crippen molar-refractivity contribution in [3.8, 4) is 0 Å². The number of carbonyl (C=O) groups excluding carboxylic acids is 1. The van der Waals surface area contributed by atoms with E-state index in [1.165, 1.54) is 22.6 Å². The third kappa shape index (κ3) is 3.27. The second-order valence-corrected chi connectivity index (χ2v) is 6.73. The topological polar surface area (TPSA) is 58.7 Å². The standard InChI is InChI=1S/C20H15N3O2S/c1-14-9-10-16-18(12-14)26-20(22-16)23(19(24)17-8-5-11-25-17)21-13-15-6-3-2-4-7-15/h2-13H,1H3/b21-13-. The summed E-state index contributed by atoms with van der Waals surface area (Å²) in [5.41, 5.74) is 2.87. The third-order valence-corrected chi connectivity index (χ3v) is 4.75. The number of aromatic nitrogens is 1. The van der Waals surface area contributed by atoms with E-state index in [9.17, 15) is 4.79 Å². The zero-order valence-corrected chi connectivity index (χ0v) is 14.8. The summed E-state index contributed by atoms with van der Waals surface area (Å²) < 4.78 is 6.26. The molecule has 0 N–H and O–H groups in total. The fourth-order valence-electron chi connectivity index (χ4n) is 2.47. The van der Waals surface area contributed by atoms with Gasteiger partial charge in [0.15, 0.2) is 5.76 Å². The molecule has 2 aromatic heterocycles. The number of hydrazone groups is 1. The maximum atomic E-state index is 12.9. The quantitative estimate of drug-likeness (QED) is 0.384. The molecule has 0 bridgehead atoms. The molecule has 128 valence electrons. The van der Waals surface area contributed by atoms with Gasteiger partial charge in [-0.2, -0.15) is 10.1 Å². The Hall–Kier alpha value is -3.25. The number of furan rings is 1. The van der Waals surface area contributed by atoms with Crippen molar-refractivity contribution in [2.45, 2.75) is 6.92 Å². The molecule has 0 aliphatic carbocycles. The van der Waals surface area contributed by atoms with E-state index in [-0.39, 0.29) is 11.7 Å². The summed E-state index contributed by atoms with van der Waals surface area (Å²) in [4.78, 5) is 17.4. The number of nitrogens with zero attached hydrogens (tertiary/aromatic N) is 3. The van der Waals surface area contributed by atoms with Gasteiger partial charge >= 0.3 is 5.91 Å². The average Bonchev–Trinajstić information content (AvgIpc) is 3.32.